The predicted molar refractivity (Wildman–Crippen MR) is 62.1 cm³/mol. The summed E-state index contributed by atoms with van der Waals surface area (Å²) in [6, 6.07) is 8.90. The number of benzene rings is 1. The lowest BCUT2D eigenvalue weighted by atomic mass is 10.2. The number of hydrogen-bond acceptors (Lipinski definition) is 3. The Morgan fingerprint density at radius 2 is 2.06 bits per heavy atom. The first-order valence-corrected chi connectivity index (χ1v) is 4.85. The first-order valence-electron chi connectivity index (χ1n) is 4.85. The van der Waals surface area contributed by atoms with Crippen LogP contribution in [0.2, 0.25) is 0 Å². The number of nitrogens with two attached hydrogens (primary N) is 1. The first kappa shape index (κ1) is 10.2. The van der Waals surface area contributed by atoms with Crippen molar-refractivity contribution < 1.29 is 4.79 Å². The molecule has 0 spiro atoms. The molecule has 0 aliphatic rings. The van der Waals surface area contributed by atoms with Crippen LogP contribution in [0, 0.1) is 6.92 Å². The van der Waals surface area contributed by atoms with E-state index in [2.05, 4.69) is 15.5 Å². The largest absolute Gasteiger partial charge is 0.394 e. The summed E-state index contributed by atoms with van der Waals surface area (Å²) in [6.07, 6.45) is 0. The number of hydrogen-bond donors (Lipinski definition) is 3. The zero-order valence-corrected chi connectivity index (χ0v) is 8.82. The van der Waals surface area contributed by atoms with E-state index in [9.17, 15) is 4.79 Å². The number of carbonyl (C=O) groups excluding carboxylic acids is 1. The summed E-state index contributed by atoms with van der Waals surface area (Å²) >= 11 is 0. The van der Waals surface area contributed by atoms with E-state index in [1.165, 1.54) is 0 Å². The summed E-state index contributed by atoms with van der Waals surface area (Å²) in [7, 11) is 0. The maximum Gasteiger partial charge on any atom is 0.256 e. The number of H-pyrrole nitrogens is 1. The Hall–Kier alpha value is -2.30. The highest BCUT2D eigenvalue weighted by molar-refractivity contribution is 6.05. The van der Waals surface area contributed by atoms with Gasteiger partial charge in [0.05, 0.1) is 11.4 Å². The van der Waals surface area contributed by atoms with E-state index in [1.807, 2.05) is 6.07 Å². The minimum atomic E-state index is -0.223. The van der Waals surface area contributed by atoms with E-state index in [-0.39, 0.29) is 5.91 Å². The van der Waals surface area contributed by atoms with Gasteiger partial charge >= 0.3 is 0 Å². The number of aromatic nitrogens is 2. The molecule has 0 aliphatic carbocycles. The van der Waals surface area contributed by atoms with Gasteiger partial charge in [-0.15, -0.1) is 0 Å². The van der Waals surface area contributed by atoms with Crippen molar-refractivity contribution in [3.63, 3.8) is 0 Å². The van der Waals surface area contributed by atoms with Crippen molar-refractivity contribution in [3.8, 4) is 0 Å². The molecule has 0 unspecified atom stereocenters. The number of nitrogen functional groups attached to an aromatic ring is 1. The number of aryl methyl sites for hydroxylation is 1. The Kier molecular flexibility index (Phi) is 2.59. The van der Waals surface area contributed by atoms with Crippen LogP contribution in [0.15, 0.2) is 30.3 Å². The van der Waals surface area contributed by atoms with Crippen LogP contribution in [0.25, 0.3) is 0 Å². The van der Waals surface area contributed by atoms with Gasteiger partial charge in [0.1, 0.15) is 0 Å². The molecule has 4 N–H and O–H groups in total. The standard InChI is InChI=1S/C11H12N4O/c1-7-9(12)10(15-14-7)13-11(16)8-5-3-2-4-6-8/h2-6H,12H2,1H3,(H2,13,14,15,16). The summed E-state index contributed by atoms with van der Waals surface area (Å²) in [4.78, 5) is 11.8. The second-order valence-electron chi connectivity index (χ2n) is 3.43. The number of amides is 1. The molecule has 1 amide bonds. The van der Waals surface area contributed by atoms with Crippen molar-refractivity contribution in [2.75, 3.05) is 11.1 Å². The highest BCUT2D eigenvalue weighted by atomic mass is 16.1. The van der Waals surface area contributed by atoms with Gasteiger partial charge in [-0.3, -0.25) is 9.89 Å². The van der Waals surface area contributed by atoms with Gasteiger partial charge in [-0.2, -0.15) is 5.10 Å². The smallest absolute Gasteiger partial charge is 0.256 e. The number of anilines is 2. The molecular formula is C11H12N4O. The molecule has 2 rings (SSSR count). The van der Waals surface area contributed by atoms with Crippen molar-refractivity contribution in [3.05, 3.63) is 41.6 Å². The normalized spacial score (nSPS) is 10.1. The number of aromatic amines is 1. The van der Waals surface area contributed by atoms with Gasteiger partial charge < -0.3 is 11.1 Å². The van der Waals surface area contributed by atoms with Gasteiger partial charge in [0.15, 0.2) is 5.82 Å². The molecule has 0 saturated carbocycles. The second-order valence-corrected chi connectivity index (χ2v) is 3.43. The molecule has 0 fully saturated rings. The van der Waals surface area contributed by atoms with Crippen LogP contribution in [-0.2, 0) is 0 Å². The third-order valence-corrected chi connectivity index (χ3v) is 2.26. The maximum absolute atomic E-state index is 11.8. The maximum atomic E-state index is 11.8. The topological polar surface area (TPSA) is 83.8 Å². The van der Waals surface area contributed by atoms with E-state index >= 15 is 0 Å². The van der Waals surface area contributed by atoms with Gasteiger partial charge in [-0.1, -0.05) is 18.2 Å². The molecular weight excluding hydrogens is 204 g/mol. The minimum Gasteiger partial charge on any atom is -0.394 e. The number of rotatable bonds is 2. The molecule has 5 nitrogen and oxygen atoms in total. The quantitative estimate of drug-likeness (QED) is 0.712. The highest BCUT2D eigenvalue weighted by Gasteiger charge is 2.11. The molecule has 1 aromatic heterocycles. The van der Waals surface area contributed by atoms with Crippen molar-refractivity contribution in [2.24, 2.45) is 0 Å². The summed E-state index contributed by atoms with van der Waals surface area (Å²) in [5.74, 6) is 0.144. The zero-order chi connectivity index (χ0) is 11.5. The van der Waals surface area contributed by atoms with Crippen LogP contribution in [0.3, 0.4) is 0 Å². The third-order valence-electron chi connectivity index (χ3n) is 2.26. The zero-order valence-electron chi connectivity index (χ0n) is 8.82. The Morgan fingerprint density at radius 3 is 2.62 bits per heavy atom. The average molecular weight is 216 g/mol. The monoisotopic (exact) mass is 216 g/mol. The fourth-order valence-corrected chi connectivity index (χ4v) is 1.30. The van der Waals surface area contributed by atoms with E-state index in [4.69, 9.17) is 5.73 Å². The molecule has 1 aromatic carbocycles. The number of nitrogens with zero attached hydrogens (tertiary/aromatic N) is 1. The lowest BCUT2D eigenvalue weighted by Gasteiger charge is -2.02. The average Bonchev–Trinajstić information content (AvgIpc) is 2.62. The fourth-order valence-electron chi connectivity index (χ4n) is 1.30. The Balaban J connectivity index is 2.17. The van der Waals surface area contributed by atoms with Crippen LogP contribution in [-0.4, -0.2) is 16.1 Å². The second kappa shape index (κ2) is 4.06. The number of nitrogens with one attached hydrogen (secondary N) is 2. The van der Waals surface area contributed by atoms with Gasteiger partial charge in [0.2, 0.25) is 0 Å². The number of carbonyl (C=O) groups is 1. The van der Waals surface area contributed by atoms with E-state index < -0.39 is 0 Å². The minimum absolute atomic E-state index is 0.223. The predicted octanol–water partition coefficient (Wildman–Crippen LogP) is 1.55. The molecule has 5 heteroatoms. The summed E-state index contributed by atoms with van der Waals surface area (Å²) in [5.41, 5.74) is 7.49. The van der Waals surface area contributed by atoms with E-state index in [1.54, 1.807) is 31.2 Å². The first-order chi connectivity index (χ1) is 7.68. The fraction of sp³-hybridized carbons (Fsp3) is 0.0909. The molecule has 0 aliphatic heterocycles. The summed E-state index contributed by atoms with van der Waals surface area (Å²) in [5, 5.41) is 9.24. The summed E-state index contributed by atoms with van der Waals surface area (Å²) < 4.78 is 0. The van der Waals surface area contributed by atoms with Gasteiger partial charge in [0.25, 0.3) is 5.91 Å². The third kappa shape index (κ3) is 1.88. The molecule has 16 heavy (non-hydrogen) atoms. The van der Waals surface area contributed by atoms with Crippen molar-refractivity contribution in [2.45, 2.75) is 6.92 Å². The van der Waals surface area contributed by atoms with Crippen LogP contribution < -0.4 is 11.1 Å². The molecule has 2 aromatic rings. The lowest BCUT2D eigenvalue weighted by molar-refractivity contribution is 0.102. The molecule has 1 heterocycles. The van der Waals surface area contributed by atoms with Crippen LogP contribution >= 0.6 is 0 Å². The molecule has 0 atom stereocenters. The van der Waals surface area contributed by atoms with Gasteiger partial charge in [-0.05, 0) is 19.1 Å². The summed E-state index contributed by atoms with van der Waals surface area (Å²) in [6.45, 7) is 1.79. The molecule has 82 valence electrons. The SMILES string of the molecule is Cc1[nH]nc(NC(=O)c2ccccc2)c1N. The molecule has 0 saturated heterocycles. The van der Waals surface area contributed by atoms with Crippen LogP contribution in [0.4, 0.5) is 11.5 Å². The highest BCUT2D eigenvalue weighted by Crippen LogP contribution is 2.18. The van der Waals surface area contributed by atoms with Gasteiger partial charge in [-0.25, -0.2) is 0 Å². The Morgan fingerprint density at radius 1 is 1.38 bits per heavy atom. The van der Waals surface area contributed by atoms with Gasteiger partial charge in [0, 0.05) is 5.56 Å². The van der Waals surface area contributed by atoms with E-state index in [0.29, 0.717) is 17.1 Å². The lowest BCUT2D eigenvalue weighted by Crippen LogP contribution is -2.13. The van der Waals surface area contributed by atoms with Crippen molar-refractivity contribution in [1.29, 1.82) is 0 Å². The molecule has 0 bridgehead atoms. The van der Waals surface area contributed by atoms with Crippen molar-refractivity contribution in [1.82, 2.24) is 10.2 Å². The van der Waals surface area contributed by atoms with E-state index in [0.717, 1.165) is 5.69 Å². The Bertz CT molecular complexity index is 504. The van der Waals surface area contributed by atoms with Crippen LogP contribution in [0.5, 0.6) is 0 Å². The van der Waals surface area contributed by atoms with Crippen molar-refractivity contribution >= 4 is 17.4 Å². The van der Waals surface area contributed by atoms with Crippen LogP contribution in [0.1, 0.15) is 16.1 Å². The molecule has 0 radical (unpaired) electrons. The Labute approximate surface area is 92.7 Å².